The molecule has 2 aromatic carbocycles. The monoisotopic (exact) mass is 718 g/mol. The molecule has 280 valence electrons. The average Bonchev–Trinajstić information content (AvgIpc) is 3.59. The molecule has 2 amide bonds. The van der Waals surface area contributed by atoms with Crippen molar-refractivity contribution in [2.24, 2.45) is 0 Å². The van der Waals surface area contributed by atoms with Crippen LogP contribution in [0.5, 0.6) is 5.75 Å². The number of nitrogens with zero attached hydrogens (tertiary/aromatic N) is 6. The summed E-state index contributed by atoms with van der Waals surface area (Å²) in [5.74, 6) is 1.55. The van der Waals surface area contributed by atoms with Crippen LogP contribution in [0, 0.1) is 10.8 Å². The number of benzene rings is 2. The predicted octanol–water partition coefficient (Wildman–Crippen LogP) is 6.24. The van der Waals surface area contributed by atoms with Gasteiger partial charge >= 0.3 is 6.03 Å². The van der Waals surface area contributed by atoms with E-state index >= 15 is 0 Å². The Hall–Kier alpha value is -4.94. The van der Waals surface area contributed by atoms with E-state index in [1.807, 2.05) is 33.8 Å². The molecule has 1 aliphatic carbocycles. The molecule has 0 bridgehead atoms. The summed E-state index contributed by atoms with van der Waals surface area (Å²) in [6.45, 7) is 13.2. The molecule has 0 saturated carbocycles. The number of fused-ring (bicyclic) bond motifs is 1. The van der Waals surface area contributed by atoms with Gasteiger partial charge in [-0.25, -0.2) is 9.48 Å². The van der Waals surface area contributed by atoms with E-state index in [1.54, 1.807) is 22.9 Å². The van der Waals surface area contributed by atoms with Crippen LogP contribution >= 0.6 is 0 Å². The number of likely N-dealkylation sites (tertiary alicyclic amines) is 1. The van der Waals surface area contributed by atoms with E-state index in [-0.39, 0.29) is 29.1 Å². The number of hydrogen-bond donors (Lipinski definition) is 4. The summed E-state index contributed by atoms with van der Waals surface area (Å²) in [6, 6.07) is 21.6. The van der Waals surface area contributed by atoms with E-state index in [0.29, 0.717) is 30.4 Å². The van der Waals surface area contributed by atoms with Gasteiger partial charge in [-0.15, -0.1) is 0 Å². The van der Waals surface area contributed by atoms with E-state index in [9.17, 15) is 4.79 Å². The predicted molar refractivity (Wildman–Crippen MR) is 208 cm³/mol. The number of ether oxygens (including phenoxy) is 1. The molecule has 2 saturated heterocycles. The summed E-state index contributed by atoms with van der Waals surface area (Å²) >= 11 is 0. The summed E-state index contributed by atoms with van der Waals surface area (Å²) < 4.78 is 10.0. The number of nitrogens with one attached hydrogen (secondary N) is 4. The number of anilines is 1. The van der Waals surface area contributed by atoms with Crippen LogP contribution in [-0.4, -0.2) is 87.4 Å². The standard InChI is InChI=1S/C41H54N10O2/c1-41(2,3)36-26-38(51(46-36)30-12-10-11-29(25-30)27-48-23-21-47(4)22-24-48)45-40(52)44-34-16-17-35(33-14-7-6-13-32(33)34)53-31-15-18-37(42)50(28-31)39(43)49-19-8-5-9-20-49/h6-7,10-15,18,25-26,28,34-35,42-43H,5,8-9,16-17,19-24,27H2,1-4H3,(H2,44,45,52)/t34-,35+/m0/s1. The van der Waals surface area contributed by atoms with Gasteiger partial charge in [0.05, 0.1) is 23.6 Å². The minimum atomic E-state index is -0.289. The van der Waals surface area contributed by atoms with Crippen LogP contribution in [-0.2, 0) is 12.0 Å². The Morgan fingerprint density at radius 1 is 0.906 bits per heavy atom. The molecule has 2 aliphatic heterocycles. The number of pyridine rings is 1. The number of carbonyl (C=O) groups is 1. The van der Waals surface area contributed by atoms with Gasteiger partial charge in [0, 0.05) is 57.3 Å². The van der Waals surface area contributed by atoms with Crippen molar-refractivity contribution < 1.29 is 9.53 Å². The van der Waals surface area contributed by atoms with E-state index in [0.717, 1.165) is 81.2 Å². The van der Waals surface area contributed by atoms with Crippen LogP contribution in [0.4, 0.5) is 10.6 Å². The normalized spacial score (nSPS) is 19.7. The molecule has 0 spiro atoms. The number of hydrogen-bond acceptors (Lipinski definition) is 7. The third-order valence-corrected chi connectivity index (χ3v) is 10.7. The Morgan fingerprint density at radius 3 is 2.42 bits per heavy atom. The largest absolute Gasteiger partial charge is 0.484 e. The zero-order chi connectivity index (χ0) is 37.1. The molecule has 4 aromatic rings. The summed E-state index contributed by atoms with van der Waals surface area (Å²) in [7, 11) is 2.17. The van der Waals surface area contributed by atoms with Crippen molar-refractivity contribution in [3.8, 4) is 11.4 Å². The topological polar surface area (TPSA) is 131 Å². The maximum Gasteiger partial charge on any atom is 0.320 e. The highest BCUT2D eigenvalue weighted by molar-refractivity contribution is 5.89. The maximum atomic E-state index is 13.8. The van der Waals surface area contributed by atoms with Crippen LogP contribution in [0.2, 0.25) is 0 Å². The molecule has 7 rings (SSSR count). The first-order valence-electron chi connectivity index (χ1n) is 19.1. The van der Waals surface area contributed by atoms with Gasteiger partial charge in [-0.2, -0.15) is 5.10 Å². The van der Waals surface area contributed by atoms with Crippen molar-refractivity contribution in [3.05, 3.63) is 101 Å². The van der Waals surface area contributed by atoms with Gasteiger partial charge in [-0.05, 0) is 80.1 Å². The Labute approximate surface area is 312 Å². The second-order valence-corrected chi connectivity index (χ2v) is 15.8. The second kappa shape index (κ2) is 15.6. The summed E-state index contributed by atoms with van der Waals surface area (Å²) in [5.41, 5.74) is 5.11. The lowest BCUT2D eigenvalue weighted by molar-refractivity contribution is 0.148. The average molecular weight is 719 g/mol. The van der Waals surface area contributed by atoms with Gasteiger partial charge in [0.2, 0.25) is 5.96 Å². The van der Waals surface area contributed by atoms with E-state index in [2.05, 4.69) is 78.6 Å². The second-order valence-electron chi connectivity index (χ2n) is 15.8. The first-order valence-corrected chi connectivity index (χ1v) is 19.1. The van der Waals surface area contributed by atoms with Gasteiger partial charge in [-0.3, -0.25) is 25.6 Å². The van der Waals surface area contributed by atoms with Crippen molar-refractivity contribution in [3.63, 3.8) is 0 Å². The number of urea groups is 1. The summed E-state index contributed by atoms with van der Waals surface area (Å²) in [6.07, 6.45) is 6.22. The zero-order valence-electron chi connectivity index (χ0n) is 31.6. The minimum Gasteiger partial charge on any atom is -0.484 e. The maximum absolute atomic E-state index is 13.8. The molecule has 4 N–H and O–H groups in total. The third-order valence-electron chi connectivity index (χ3n) is 10.7. The molecule has 4 heterocycles. The highest BCUT2D eigenvalue weighted by atomic mass is 16.5. The molecule has 0 radical (unpaired) electrons. The van der Waals surface area contributed by atoms with Gasteiger partial charge in [0.1, 0.15) is 23.2 Å². The van der Waals surface area contributed by atoms with Crippen molar-refractivity contribution >= 4 is 17.8 Å². The number of carbonyl (C=O) groups excluding carboxylic acids is 1. The fraction of sp³-hybridized carbons (Fsp3) is 0.463. The van der Waals surface area contributed by atoms with Crippen molar-refractivity contribution in [2.45, 2.75) is 77.0 Å². The minimum absolute atomic E-state index is 0.204. The number of piperazine rings is 1. The summed E-state index contributed by atoms with van der Waals surface area (Å²) in [5, 5.41) is 28.6. The molecular weight excluding hydrogens is 665 g/mol. The van der Waals surface area contributed by atoms with Crippen LogP contribution in [0.1, 0.15) is 87.4 Å². The van der Waals surface area contributed by atoms with Gasteiger partial charge in [0.25, 0.3) is 0 Å². The number of aromatic nitrogens is 3. The SMILES string of the molecule is CN1CCN(Cc2cccc(-n3nc(C(C)(C)C)cc3NC(=O)N[C@H]3CC[C@@H](Oc4ccc(=N)n(C(=N)N5CCCCC5)c4)c4ccccc43)c2)CC1. The van der Waals surface area contributed by atoms with E-state index in [4.69, 9.17) is 20.7 Å². The summed E-state index contributed by atoms with van der Waals surface area (Å²) in [4.78, 5) is 20.7. The van der Waals surface area contributed by atoms with Crippen LogP contribution < -0.4 is 20.9 Å². The molecule has 2 atom stereocenters. The quantitative estimate of drug-likeness (QED) is 0.132. The molecule has 0 unspecified atom stereocenters. The van der Waals surface area contributed by atoms with Crippen LogP contribution in [0.15, 0.2) is 72.9 Å². The van der Waals surface area contributed by atoms with Gasteiger partial charge in [0.15, 0.2) is 0 Å². The zero-order valence-corrected chi connectivity index (χ0v) is 31.6. The number of amides is 2. The fourth-order valence-electron chi connectivity index (χ4n) is 7.57. The Morgan fingerprint density at radius 2 is 1.66 bits per heavy atom. The van der Waals surface area contributed by atoms with Crippen molar-refractivity contribution in [1.29, 1.82) is 10.8 Å². The first kappa shape index (κ1) is 36.4. The number of rotatable bonds is 7. The lowest BCUT2D eigenvalue weighted by atomic mass is 9.85. The van der Waals surface area contributed by atoms with Crippen LogP contribution in [0.3, 0.4) is 0 Å². The third kappa shape index (κ3) is 8.49. The van der Waals surface area contributed by atoms with Crippen LogP contribution in [0.25, 0.3) is 5.69 Å². The first-order chi connectivity index (χ1) is 25.5. The lowest BCUT2D eigenvalue weighted by Gasteiger charge is -2.33. The molecule has 53 heavy (non-hydrogen) atoms. The van der Waals surface area contributed by atoms with E-state index in [1.165, 1.54) is 12.0 Å². The molecule has 12 heteroatoms. The fourth-order valence-corrected chi connectivity index (χ4v) is 7.57. The molecule has 12 nitrogen and oxygen atoms in total. The smallest absolute Gasteiger partial charge is 0.320 e. The number of likely N-dealkylation sites (N-methyl/N-ethyl adjacent to an activating group) is 1. The molecule has 2 aromatic heterocycles. The van der Waals surface area contributed by atoms with E-state index < -0.39 is 0 Å². The molecular formula is C41H54N10O2. The molecule has 2 fully saturated rings. The highest BCUT2D eigenvalue weighted by Gasteiger charge is 2.30. The Kier molecular flexibility index (Phi) is 10.7. The Balaban J connectivity index is 1.06. The lowest BCUT2D eigenvalue weighted by Crippen LogP contribution is -2.43. The van der Waals surface area contributed by atoms with Gasteiger partial charge in [-0.1, -0.05) is 57.2 Å². The molecule has 3 aliphatic rings. The van der Waals surface area contributed by atoms with Crippen molar-refractivity contribution in [2.75, 3.05) is 51.6 Å². The Bertz CT molecular complexity index is 1980. The van der Waals surface area contributed by atoms with Crippen molar-refractivity contribution in [1.82, 2.24) is 34.4 Å². The van der Waals surface area contributed by atoms with Gasteiger partial charge < -0.3 is 19.9 Å². The highest BCUT2D eigenvalue weighted by Crippen LogP contribution is 2.39. The number of piperidine rings is 1.